The van der Waals surface area contributed by atoms with Gasteiger partial charge in [-0.15, -0.1) is 0 Å². The van der Waals surface area contributed by atoms with Crippen molar-refractivity contribution in [3.63, 3.8) is 0 Å². The zero-order valence-corrected chi connectivity index (χ0v) is 17.2. The molecule has 6 nitrogen and oxygen atoms in total. The van der Waals surface area contributed by atoms with Crippen molar-refractivity contribution >= 4 is 17.6 Å². The van der Waals surface area contributed by atoms with E-state index in [0.29, 0.717) is 13.2 Å². The standard InChI is InChI=1S/C23H30N4O2/c1-3-24-23(26-16-19-10-5-4-8-17(19)2)25-15-18-9-6-11-20(14-18)27-22(28)21-12-7-13-29-21/h4-6,8-11,14,21H,3,7,12-13,15-16H2,1-2H3,(H,27,28)(H2,24,25,26). The van der Waals surface area contributed by atoms with Gasteiger partial charge in [-0.3, -0.25) is 4.79 Å². The van der Waals surface area contributed by atoms with Crippen LogP contribution in [0.2, 0.25) is 0 Å². The minimum absolute atomic E-state index is 0.0728. The number of aryl methyl sites for hydroxylation is 1. The number of guanidine groups is 1. The van der Waals surface area contributed by atoms with E-state index in [2.05, 4.69) is 40.0 Å². The second-order valence-corrected chi connectivity index (χ2v) is 7.17. The second-order valence-electron chi connectivity index (χ2n) is 7.17. The van der Waals surface area contributed by atoms with Gasteiger partial charge in [0.05, 0.1) is 6.54 Å². The van der Waals surface area contributed by atoms with Gasteiger partial charge < -0.3 is 20.7 Å². The number of benzene rings is 2. The van der Waals surface area contributed by atoms with Gasteiger partial charge in [-0.2, -0.15) is 0 Å². The summed E-state index contributed by atoms with van der Waals surface area (Å²) in [6, 6.07) is 16.1. The van der Waals surface area contributed by atoms with E-state index in [4.69, 9.17) is 4.74 Å². The number of amides is 1. The van der Waals surface area contributed by atoms with Gasteiger partial charge in [0.1, 0.15) is 6.10 Å². The normalized spacial score (nSPS) is 16.5. The van der Waals surface area contributed by atoms with Crippen LogP contribution in [-0.2, 0) is 22.6 Å². The fraction of sp³-hybridized carbons (Fsp3) is 0.391. The van der Waals surface area contributed by atoms with Crippen LogP contribution in [0, 0.1) is 6.92 Å². The second kappa shape index (κ2) is 10.6. The van der Waals surface area contributed by atoms with E-state index >= 15 is 0 Å². The number of hydrogen-bond acceptors (Lipinski definition) is 3. The van der Waals surface area contributed by atoms with E-state index in [1.165, 1.54) is 11.1 Å². The summed E-state index contributed by atoms with van der Waals surface area (Å²) in [6.45, 7) is 6.85. The molecule has 29 heavy (non-hydrogen) atoms. The van der Waals surface area contributed by atoms with Gasteiger partial charge in [0.2, 0.25) is 0 Å². The fourth-order valence-electron chi connectivity index (χ4n) is 3.25. The molecule has 1 unspecified atom stereocenters. The van der Waals surface area contributed by atoms with E-state index in [1.807, 2.05) is 43.3 Å². The average Bonchev–Trinajstić information content (AvgIpc) is 3.26. The molecule has 3 N–H and O–H groups in total. The van der Waals surface area contributed by atoms with Crippen LogP contribution in [0.3, 0.4) is 0 Å². The third-order valence-corrected chi connectivity index (χ3v) is 4.89. The Bertz CT molecular complexity index is 844. The predicted octanol–water partition coefficient (Wildman–Crippen LogP) is 3.37. The zero-order chi connectivity index (χ0) is 20.5. The first-order valence-corrected chi connectivity index (χ1v) is 10.2. The van der Waals surface area contributed by atoms with Crippen molar-refractivity contribution in [3.8, 4) is 0 Å². The lowest BCUT2D eigenvalue weighted by Crippen LogP contribution is -2.36. The third kappa shape index (κ3) is 6.32. The van der Waals surface area contributed by atoms with Crippen molar-refractivity contribution in [1.82, 2.24) is 10.6 Å². The van der Waals surface area contributed by atoms with Gasteiger partial charge in [-0.25, -0.2) is 4.99 Å². The molecule has 3 rings (SSSR count). The van der Waals surface area contributed by atoms with Crippen molar-refractivity contribution in [1.29, 1.82) is 0 Å². The van der Waals surface area contributed by atoms with Gasteiger partial charge in [0, 0.05) is 25.4 Å². The summed E-state index contributed by atoms with van der Waals surface area (Å²) >= 11 is 0. The van der Waals surface area contributed by atoms with Gasteiger partial charge in [-0.05, 0) is 55.5 Å². The van der Waals surface area contributed by atoms with E-state index in [-0.39, 0.29) is 12.0 Å². The van der Waals surface area contributed by atoms with Crippen LogP contribution < -0.4 is 16.0 Å². The smallest absolute Gasteiger partial charge is 0.253 e. The Morgan fingerprint density at radius 2 is 2.03 bits per heavy atom. The summed E-state index contributed by atoms with van der Waals surface area (Å²) in [5, 5.41) is 9.61. The first-order chi connectivity index (χ1) is 14.2. The van der Waals surface area contributed by atoms with Gasteiger partial charge in [0.25, 0.3) is 5.91 Å². The third-order valence-electron chi connectivity index (χ3n) is 4.89. The Labute approximate surface area is 172 Å². The fourth-order valence-corrected chi connectivity index (χ4v) is 3.25. The van der Waals surface area contributed by atoms with Crippen molar-refractivity contribution in [2.45, 2.75) is 45.9 Å². The highest BCUT2D eigenvalue weighted by atomic mass is 16.5. The molecule has 1 amide bonds. The molecule has 154 valence electrons. The van der Waals surface area contributed by atoms with Crippen LogP contribution in [0.4, 0.5) is 5.69 Å². The van der Waals surface area contributed by atoms with E-state index in [0.717, 1.165) is 43.1 Å². The topological polar surface area (TPSA) is 74.8 Å². The summed E-state index contributed by atoms with van der Waals surface area (Å²) in [6.07, 6.45) is 1.40. The number of nitrogens with one attached hydrogen (secondary N) is 3. The van der Waals surface area contributed by atoms with Crippen molar-refractivity contribution in [2.24, 2.45) is 4.99 Å². The molecule has 0 saturated carbocycles. The molecule has 0 spiro atoms. The molecule has 2 aromatic carbocycles. The maximum absolute atomic E-state index is 12.2. The van der Waals surface area contributed by atoms with Crippen LogP contribution in [0.15, 0.2) is 53.5 Å². The monoisotopic (exact) mass is 394 g/mol. The van der Waals surface area contributed by atoms with Gasteiger partial charge in [-0.1, -0.05) is 36.4 Å². The highest BCUT2D eigenvalue weighted by molar-refractivity contribution is 5.94. The molecule has 0 radical (unpaired) electrons. The molecule has 0 bridgehead atoms. The number of hydrogen-bond donors (Lipinski definition) is 3. The number of nitrogens with zero attached hydrogens (tertiary/aromatic N) is 1. The first-order valence-electron chi connectivity index (χ1n) is 10.2. The highest BCUT2D eigenvalue weighted by Gasteiger charge is 2.23. The van der Waals surface area contributed by atoms with Gasteiger partial charge >= 0.3 is 0 Å². The van der Waals surface area contributed by atoms with Crippen molar-refractivity contribution < 1.29 is 9.53 Å². The molecule has 1 saturated heterocycles. The molecule has 1 heterocycles. The molecule has 1 aliphatic rings. The lowest BCUT2D eigenvalue weighted by Gasteiger charge is -2.13. The average molecular weight is 395 g/mol. The highest BCUT2D eigenvalue weighted by Crippen LogP contribution is 2.16. The number of anilines is 1. The Kier molecular flexibility index (Phi) is 7.64. The Balaban J connectivity index is 1.59. The lowest BCUT2D eigenvalue weighted by atomic mass is 10.1. The molecule has 1 aliphatic heterocycles. The number of ether oxygens (including phenoxy) is 1. The number of rotatable bonds is 7. The maximum atomic E-state index is 12.2. The quantitative estimate of drug-likeness (QED) is 0.497. The van der Waals surface area contributed by atoms with Crippen LogP contribution in [0.5, 0.6) is 0 Å². The first kappa shape index (κ1) is 20.9. The predicted molar refractivity (Wildman–Crippen MR) is 117 cm³/mol. The van der Waals surface area contributed by atoms with Crippen LogP contribution in [0.25, 0.3) is 0 Å². The molecule has 1 atom stereocenters. The summed E-state index contributed by atoms with van der Waals surface area (Å²) in [7, 11) is 0. The van der Waals surface area contributed by atoms with Crippen LogP contribution in [0.1, 0.15) is 36.5 Å². The number of carbonyl (C=O) groups is 1. The van der Waals surface area contributed by atoms with Crippen molar-refractivity contribution in [3.05, 3.63) is 65.2 Å². The molecule has 6 heteroatoms. The van der Waals surface area contributed by atoms with Gasteiger partial charge in [0.15, 0.2) is 5.96 Å². The number of aliphatic imine (C=N–C) groups is 1. The molecule has 0 aromatic heterocycles. The maximum Gasteiger partial charge on any atom is 0.253 e. The largest absolute Gasteiger partial charge is 0.368 e. The SMILES string of the molecule is CCNC(=NCc1cccc(NC(=O)C2CCCO2)c1)NCc1ccccc1C. The zero-order valence-electron chi connectivity index (χ0n) is 17.2. The molecular weight excluding hydrogens is 364 g/mol. The summed E-state index contributed by atoms with van der Waals surface area (Å²) in [4.78, 5) is 16.9. The number of carbonyl (C=O) groups excluding carboxylic acids is 1. The van der Waals surface area contributed by atoms with E-state index < -0.39 is 0 Å². The van der Waals surface area contributed by atoms with Crippen molar-refractivity contribution in [2.75, 3.05) is 18.5 Å². The van der Waals surface area contributed by atoms with Crippen LogP contribution >= 0.6 is 0 Å². The summed E-state index contributed by atoms with van der Waals surface area (Å²) < 4.78 is 5.44. The Hall–Kier alpha value is -2.86. The minimum Gasteiger partial charge on any atom is -0.368 e. The van der Waals surface area contributed by atoms with Crippen LogP contribution in [-0.4, -0.2) is 31.1 Å². The van der Waals surface area contributed by atoms with E-state index in [9.17, 15) is 4.79 Å². The van der Waals surface area contributed by atoms with E-state index in [1.54, 1.807) is 0 Å². The lowest BCUT2D eigenvalue weighted by molar-refractivity contribution is -0.124. The molecular formula is C23H30N4O2. The summed E-state index contributed by atoms with van der Waals surface area (Å²) in [5.74, 6) is 0.695. The minimum atomic E-state index is -0.331. The summed E-state index contributed by atoms with van der Waals surface area (Å²) in [5.41, 5.74) is 4.31. The molecule has 1 fully saturated rings. The molecule has 0 aliphatic carbocycles. The Morgan fingerprint density at radius 1 is 1.17 bits per heavy atom. The molecule has 2 aromatic rings. The Morgan fingerprint density at radius 3 is 2.79 bits per heavy atom.